The molecule has 21 heavy (non-hydrogen) atoms. The summed E-state index contributed by atoms with van der Waals surface area (Å²) >= 11 is 0. The highest BCUT2D eigenvalue weighted by molar-refractivity contribution is 5.84. The van der Waals surface area contributed by atoms with Crippen LogP contribution in [0.3, 0.4) is 0 Å². The number of nitrogens with zero attached hydrogens (tertiary/aromatic N) is 1. The lowest BCUT2D eigenvalue weighted by atomic mass is 9.58. The summed E-state index contributed by atoms with van der Waals surface area (Å²) in [5, 5.41) is 53.3. The van der Waals surface area contributed by atoms with E-state index in [1.165, 1.54) is 0 Å². The maximum atomic E-state index is 11.8. The molecule has 1 saturated heterocycles. The number of ether oxygens (including phenoxy) is 1. The van der Waals surface area contributed by atoms with E-state index in [4.69, 9.17) is 10.5 Å². The van der Waals surface area contributed by atoms with E-state index in [0.29, 0.717) is 0 Å². The van der Waals surface area contributed by atoms with Gasteiger partial charge in [-0.3, -0.25) is 4.99 Å². The van der Waals surface area contributed by atoms with Gasteiger partial charge in [0.2, 0.25) is 0 Å². The minimum Gasteiger partial charge on any atom is -0.454 e. The average Bonchev–Trinajstić information content (AvgIpc) is 2.46. The maximum absolute atomic E-state index is 11.8. The zero-order chi connectivity index (χ0) is 15.6. The van der Waals surface area contributed by atoms with Crippen molar-refractivity contribution in [2.45, 2.75) is 35.6 Å². The van der Waals surface area contributed by atoms with Gasteiger partial charge in [-0.15, -0.1) is 0 Å². The first-order valence-corrected chi connectivity index (χ1v) is 6.45. The van der Waals surface area contributed by atoms with Gasteiger partial charge in [-0.05, 0) is 0 Å². The monoisotopic (exact) mass is 303 g/mol. The second kappa shape index (κ2) is 4.27. The summed E-state index contributed by atoms with van der Waals surface area (Å²) < 4.78 is 4.81. The topological polar surface area (TPSA) is 178 Å². The Hall–Kier alpha value is -1.46. The van der Waals surface area contributed by atoms with Crippen molar-refractivity contribution < 1.29 is 35.1 Å². The molecular formula is C11H17N3O7. The fourth-order valence-electron chi connectivity index (χ4n) is 3.56. The minimum atomic E-state index is -2.26. The molecule has 0 aromatic heterocycles. The molecule has 10 nitrogen and oxygen atoms in total. The maximum Gasteiger partial charge on any atom is 0.338 e. The van der Waals surface area contributed by atoms with Crippen molar-refractivity contribution in [2.75, 3.05) is 13.2 Å². The Bertz CT molecular complexity index is 514. The van der Waals surface area contributed by atoms with Gasteiger partial charge < -0.3 is 41.3 Å². The zero-order valence-electron chi connectivity index (χ0n) is 10.9. The van der Waals surface area contributed by atoms with Crippen molar-refractivity contribution in [3.8, 4) is 0 Å². The number of rotatable bonds is 1. The number of guanidine groups is 1. The molecule has 8 N–H and O–H groups in total. The molecule has 7 atom stereocenters. The van der Waals surface area contributed by atoms with Crippen molar-refractivity contribution in [1.82, 2.24) is 5.32 Å². The molecule has 2 aliphatic heterocycles. The molecule has 0 radical (unpaired) electrons. The van der Waals surface area contributed by atoms with Crippen molar-refractivity contribution in [1.29, 1.82) is 0 Å². The van der Waals surface area contributed by atoms with E-state index in [-0.39, 0.29) is 12.5 Å². The first-order chi connectivity index (χ1) is 9.79. The number of hydrogen-bond donors (Lipinski definition) is 7. The number of hydrogen-bond acceptors (Lipinski definition) is 10. The highest BCUT2D eigenvalue weighted by atomic mass is 16.6. The van der Waals surface area contributed by atoms with Crippen LogP contribution in [0.25, 0.3) is 0 Å². The van der Waals surface area contributed by atoms with Gasteiger partial charge in [0.25, 0.3) is 0 Å². The van der Waals surface area contributed by atoms with Gasteiger partial charge in [0, 0.05) is 5.92 Å². The molecule has 2 bridgehead atoms. The molecule has 2 unspecified atom stereocenters. The Morgan fingerprint density at radius 1 is 1.38 bits per heavy atom. The number of aliphatic hydroxyl groups is 5. The first kappa shape index (κ1) is 14.5. The van der Waals surface area contributed by atoms with Gasteiger partial charge in [-0.25, -0.2) is 4.79 Å². The normalized spacial score (nSPS) is 52.3. The van der Waals surface area contributed by atoms with Gasteiger partial charge in [-0.1, -0.05) is 0 Å². The summed E-state index contributed by atoms with van der Waals surface area (Å²) in [5.41, 5.74) is 1.57. The Morgan fingerprint density at radius 2 is 2.05 bits per heavy atom. The highest BCUT2D eigenvalue weighted by Crippen LogP contribution is 2.47. The molecule has 2 heterocycles. The van der Waals surface area contributed by atoms with Crippen LogP contribution in [0, 0.1) is 5.92 Å². The summed E-state index contributed by atoms with van der Waals surface area (Å²) in [6.07, 6.45) is -6.60. The van der Waals surface area contributed by atoms with Crippen LogP contribution in [0.4, 0.5) is 0 Å². The van der Waals surface area contributed by atoms with Crippen LogP contribution in [0.1, 0.15) is 0 Å². The SMILES string of the molecule is NC1=NC[C@H]2[C@H](O)[C@@](O)(CO)[C@@H]3OC(=O)[C@@H](O)C2(N1)C3O. The number of aliphatic imine (C=N–C) groups is 1. The van der Waals surface area contributed by atoms with Crippen LogP contribution in [-0.4, -0.2) is 86.2 Å². The molecule has 10 heteroatoms. The summed E-state index contributed by atoms with van der Waals surface area (Å²) in [6.45, 7) is -1.08. The Kier molecular flexibility index (Phi) is 2.94. The quantitative estimate of drug-likeness (QED) is 0.234. The summed E-state index contributed by atoms with van der Waals surface area (Å²) in [5.74, 6) is -2.24. The standard InChI is InChI=1S/C11H17N3O7/c12-9-13-1-3-4(16)10(20,2-15)7-5(17)11(3,14-9)6(18)8(19)21-7/h3-7,15-18,20H,1-2H2,(H3,12,13,14)/t3-,4-,5?,6+,7+,10-,11?/m0/s1. The number of esters is 1. The lowest BCUT2D eigenvalue weighted by Crippen LogP contribution is -2.87. The molecule has 118 valence electrons. The van der Waals surface area contributed by atoms with Crippen molar-refractivity contribution in [2.24, 2.45) is 16.6 Å². The second-order valence-electron chi connectivity index (χ2n) is 5.69. The number of fused-ring (bicyclic) bond motifs is 1. The molecule has 3 aliphatic rings. The third-order valence-corrected chi connectivity index (χ3v) is 4.75. The molecule has 1 spiro atoms. The largest absolute Gasteiger partial charge is 0.454 e. The van der Waals surface area contributed by atoms with Crippen LogP contribution in [0.2, 0.25) is 0 Å². The number of nitrogens with two attached hydrogens (primary N) is 1. The molecule has 2 fully saturated rings. The summed E-state index contributed by atoms with van der Waals surface area (Å²) in [7, 11) is 0. The number of carbonyl (C=O) groups is 1. The van der Waals surface area contributed by atoms with Crippen LogP contribution >= 0.6 is 0 Å². The zero-order valence-corrected chi connectivity index (χ0v) is 10.9. The van der Waals surface area contributed by atoms with E-state index in [9.17, 15) is 30.3 Å². The fraction of sp³-hybridized carbons (Fsp3) is 0.818. The lowest BCUT2D eigenvalue weighted by molar-refractivity contribution is -0.298. The van der Waals surface area contributed by atoms with Crippen LogP contribution in [-0.2, 0) is 9.53 Å². The minimum absolute atomic E-state index is 0.112. The predicted molar refractivity (Wildman–Crippen MR) is 65.8 cm³/mol. The Labute approximate surface area is 118 Å². The van der Waals surface area contributed by atoms with Gasteiger partial charge in [-0.2, -0.15) is 0 Å². The van der Waals surface area contributed by atoms with E-state index < -0.39 is 54.0 Å². The second-order valence-corrected chi connectivity index (χ2v) is 5.69. The average molecular weight is 303 g/mol. The predicted octanol–water partition coefficient (Wildman–Crippen LogP) is -5.00. The highest BCUT2D eigenvalue weighted by Gasteiger charge is 2.73. The molecule has 1 aliphatic carbocycles. The van der Waals surface area contributed by atoms with Gasteiger partial charge >= 0.3 is 5.97 Å². The van der Waals surface area contributed by atoms with Crippen LogP contribution in [0.5, 0.6) is 0 Å². The van der Waals surface area contributed by atoms with Crippen molar-refractivity contribution >= 4 is 11.9 Å². The third-order valence-electron chi connectivity index (χ3n) is 4.75. The van der Waals surface area contributed by atoms with Crippen LogP contribution < -0.4 is 11.1 Å². The van der Waals surface area contributed by atoms with Gasteiger partial charge in [0.1, 0.15) is 11.6 Å². The molecule has 0 amide bonds. The molecule has 3 rings (SSSR count). The van der Waals surface area contributed by atoms with Crippen LogP contribution in [0.15, 0.2) is 4.99 Å². The van der Waals surface area contributed by atoms with E-state index >= 15 is 0 Å². The van der Waals surface area contributed by atoms with E-state index in [1.54, 1.807) is 0 Å². The summed E-state index contributed by atoms with van der Waals surface area (Å²) in [6, 6.07) is 0. The van der Waals surface area contributed by atoms with Gasteiger partial charge in [0.15, 0.2) is 23.8 Å². The smallest absolute Gasteiger partial charge is 0.338 e. The Morgan fingerprint density at radius 3 is 2.67 bits per heavy atom. The van der Waals surface area contributed by atoms with Gasteiger partial charge in [0.05, 0.1) is 19.3 Å². The molecule has 0 aromatic carbocycles. The summed E-state index contributed by atoms with van der Waals surface area (Å²) in [4.78, 5) is 15.7. The van der Waals surface area contributed by atoms with E-state index in [0.717, 1.165) is 0 Å². The molecule has 0 aromatic rings. The third kappa shape index (κ3) is 1.53. The first-order valence-electron chi connectivity index (χ1n) is 6.45. The fourth-order valence-corrected chi connectivity index (χ4v) is 3.56. The molecule has 1 saturated carbocycles. The Balaban J connectivity index is 2.18. The molecular weight excluding hydrogens is 286 g/mol. The van der Waals surface area contributed by atoms with Crippen molar-refractivity contribution in [3.05, 3.63) is 0 Å². The van der Waals surface area contributed by atoms with E-state index in [2.05, 4.69) is 10.3 Å². The van der Waals surface area contributed by atoms with Crippen molar-refractivity contribution in [3.63, 3.8) is 0 Å². The van der Waals surface area contributed by atoms with E-state index in [1.807, 2.05) is 0 Å². The number of aliphatic hydroxyl groups excluding tert-OH is 4. The number of carbonyl (C=O) groups excluding carboxylic acids is 1. The lowest BCUT2D eigenvalue weighted by Gasteiger charge is -2.61. The number of nitrogens with one attached hydrogen (secondary N) is 1.